The van der Waals surface area contributed by atoms with E-state index in [4.69, 9.17) is 0 Å². The molecule has 2 atom stereocenters. The van der Waals surface area contributed by atoms with Gasteiger partial charge in [0.1, 0.15) is 0 Å². The fraction of sp³-hybridized carbons (Fsp3) is 0.929. The first-order chi connectivity index (χ1) is 9.47. The number of amides is 1. The minimum absolute atomic E-state index is 0.0460. The Balaban J connectivity index is 1.63. The van der Waals surface area contributed by atoms with E-state index in [1.807, 2.05) is 0 Å². The zero-order chi connectivity index (χ0) is 14.6. The third kappa shape index (κ3) is 4.96. The van der Waals surface area contributed by atoms with E-state index in [2.05, 4.69) is 10.6 Å². The van der Waals surface area contributed by atoms with E-state index in [1.54, 1.807) is 0 Å². The minimum Gasteiger partial charge on any atom is -0.356 e. The molecule has 2 aliphatic rings. The van der Waals surface area contributed by atoms with Crippen LogP contribution in [-0.4, -0.2) is 31.2 Å². The predicted molar refractivity (Wildman–Crippen MR) is 70.2 cm³/mol. The first-order valence-electron chi connectivity index (χ1n) is 7.54. The summed E-state index contributed by atoms with van der Waals surface area (Å²) in [6.07, 6.45) is 0.323. The van der Waals surface area contributed by atoms with Gasteiger partial charge in [0.15, 0.2) is 0 Å². The summed E-state index contributed by atoms with van der Waals surface area (Å²) in [5, 5.41) is 6.11. The summed E-state index contributed by atoms with van der Waals surface area (Å²) in [4.78, 5) is 11.9. The first-order valence-corrected chi connectivity index (χ1v) is 7.54. The highest BCUT2D eigenvalue weighted by atomic mass is 19.4. The molecular formula is C14H23F3N2O. The van der Waals surface area contributed by atoms with Crippen molar-refractivity contribution >= 4 is 5.91 Å². The molecule has 20 heavy (non-hydrogen) atoms. The number of nitrogens with one attached hydrogen (secondary N) is 2. The zero-order valence-corrected chi connectivity index (χ0v) is 11.6. The van der Waals surface area contributed by atoms with E-state index in [1.165, 1.54) is 12.8 Å². The van der Waals surface area contributed by atoms with E-state index in [0.717, 1.165) is 13.0 Å². The summed E-state index contributed by atoms with van der Waals surface area (Å²) in [5.41, 5.74) is 0. The smallest absolute Gasteiger partial charge is 0.356 e. The van der Waals surface area contributed by atoms with Crippen molar-refractivity contribution in [2.24, 2.45) is 11.8 Å². The average Bonchev–Trinajstić information content (AvgIpc) is 3.21. The van der Waals surface area contributed by atoms with Crippen molar-refractivity contribution in [1.29, 1.82) is 0 Å². The highest BCUT2D eigenvalue weighted by Gasteiger charge is 2.43. The van der Waals surface area contributed by atoms with Gasteiger partial charge in [-0.05, 0) is 45.1 Å². The van der Waals surface area contributed by atoms with Crippen LogP contribution in [0.3, 0.4) is 0 Å². The molecule has 0 bridgehead atoms. The highest BCUT2D eigenvalue weighted by Crippen LogP contribution is 2.39. The van der Waals surface area contributed by atoms with Crippen molar-refractivity contribution in [3.8, 4) is 0 Å². The Bertz CT molecular complexity index is 329. The van der Waals surface area contributed by atoms with Crippen molar-refractivity contribution in [3.63, 3.8) is 0 Å². The van der Waals surface area contributed by atoms with Gasteiger partial charge in [-0.1, -0.05) is 6.42 Å². The molecule has 0 aromatic carbocycles. The molecular weight excluding hydrogens is 269 g/mol. The van der Waals surface area contributed by atoms with E-state index in [0.29, 0.717) is 25.4 Å². The summed E-state index contributed by atoms with van der Waals surface area (Å²) in [7, 11) is 0. The van der Waals surface area contributed by atoms with Crippen LogP contribution in [0.4, 0.5) is 13.2 Å². The van der Waals surface area contributed by atoms with Crippen LogP contribution in [0.25, 0.3) is 0 Å². The van der Waals surface area contributed by atoms with Gasteiger partial charge in [-0.2, -0.15) is 13.2 Å². The van der Waals surface area contributed by atoms with Crippen molar-refractivity contribution < 1.29 is 18.0 Å². The molecule has 2 saturated carbocycles. The second kappa shape index (κ2) is 6.78. The molecule has 3 nitrogen and oxygen atoms in total. The molecule has 2 fully saturated rings. The van der Waals surface area contributed by atoms with E-state index < -0.39 is 18.0 Å². The van der Waals surface area contributed by atoms with Crippen molar-refractivity contribution in [2.45, 2.75) is 57.2 Å². The molecule has 0 aliphatic heterocycles. The second-order valence-electron chi connectivity index (χ2n) is 5.98. The average molecular weight is 292 g/mol. The normalized spacial score (nSPS) is 27.4. The number of rotatable bonds is 6. The number of halogens is 3. The molecule has 2 aliphatic carbocycles. The Morgan fingerprint density at radius 3 is 2.50 bits per heavy atom. The van der Waals surface area contributed by atoms with E-state index >= 15 is 0 Å². The summed E-state index contributed by atoms with van der Waals surface area (Å²) in [6, 6.07) is 0.650. The number of hydrogen-bond donors (Lipinski definition) is 2. The van der Waals surface area contributed by atoms with Gasteiger partial charge in [0.05, 0.1) is 5.92 Å². The van der Waals surface area contributed by atoms with Gasteiger partial charge in [0.2, 0.25) is 5.91 Å². The molecule has 0 aromatic heterocycles. The Morgan fingerprint density at radius 1 is 1.10 bits per heavy atom. The van der Waals surface area contributed by atoms with Gasteiger partial charge in [-0.15, -0.1) is 0 Å². The molecule has 0 radical (unpaired) electrons. The van der Waals surface area contributed by atoms with Crippen molar-refractivity contribution in [1.82, 2.24) is 10.6 Å². The van der Waals surface area contributed by atoms with Gasteiger partial charge in [-0.3, -0.25) is 4.79 Å². The van der Waals surface area contributed by atoms with E-state index in [-0.39, 0.29) is 18.7 Å². The summed E-state index contributed by atoms with van der Waals surface area (Å²) >= 11 is 0. The Labute approximate surface area is 117 Å². The monoisotopic (exact) mass is 292 g/mol. The lowest BCUT2D eigenvalue weighted by Crippen LogP contribution is -2.38. The zero-order valence-electron chi connectivity index (χ0n) is 11.6. The predicted octanol–water partition coefficient (Wildman–Crippen LogP) is 2.61. The topological polar surface area (TPSA) is 41.1 Å². The van der Waals surface area contributed by atoms with Crippen LogP contribution in [0.5, 0.6) is 0 Å². The SMILES string of the molecule is O=C(NCCCNC1CC1)C1CCCC(C(F)(F)F)C1. The maximum absolute atomic E-state index is 12.7. The summed E-state index contributed by atoms with van der Waals surface area (Å²) in [5.74, 6) is -1.97. The fourth-order valence-electron chi connectivity index (χ4n) is 2.76. The molecule has 6 heteroatoms. The van der Waals surface area contributed by atoms with Crippen LogP contribution in [0, 0.1) is 11.8 Å². The Kier molecular flexibility index (Phi) is 5.29. The number of carbonyl (C=O) groups excluding carboxylic acids is 1. The molecule has 2 rings (SSSR count). The maximum atomic E-state index is 12.7. The molecule has 2 N–H and O–H groups in total. The molecule has 0 heterocycles. The fourth-order valence-corrected chi connectivity index (χ4v) is 2.76. The largest absolute Gasteiger partial charge is 0.391 e. The lowest BCUT2D eigenvalue weighted by atomic mass is 9.80. The summed E-state index contributed by atoms with van der Waals surface area (Å²) in [6.45, 7) is 1.41. The molecule has 2 unspecified atom stereocenters. The number of alkyl halides is 3. The molecule has 0 spiro atoms. The summed E-state index contributed by atoms with van der Waals surface area (Å²) < 4.78 is 38.0. The Morgan fingerprint density at radius 2 is 1.85 bits per heavy atom. The third-order valence-electron chi connectivity index (χ3n) is 4.17. The third-order valence-corrected chi connectivity index (χ3v) is 4.17. The quantitative estimate of drug-likeness (QED) is 0.739. The number of hydrogen-bond acceptors (Lipinski definition) is 2. The molecule has 0 aromatic rings. The molecule has 116 valence electrons. The van der Waals surface area contributed by atoms with Crippen LogP contribution >= 0.6 is 0 Å². The molecule has 1 amide bonds. The minimum atomic E-state index is -4.16. The highest BCUT2D eigenvalue weighted by molar-refractivity contribution is 5.78. The Hall–Kier alpha value is -0.780. The van der Waals surface area contributed by atoms with Gasteiger partial charge >= 0.3 is 6.18 Å². The van der Waals surface area contributed by atoms with Crippen LogP contribution < -0.4 is 10.6 Å². The van der Waals surface area contributed by atoms with Crippen LogP contribution in [0.15, 0.2) is 0 Å². The van der Waals surface area contributed by atoms with Crippen LogP contribution in [0.2, 0.25) is 0 Å². The maximum Gasteiger partial charge on any atom is 0.391 e. The van der Waals surface area contributed by atoms with Crippen molar-refractivity contribution in [2.75, 3.05) is 13.1 Å². The van der Waals surface area contributed by atoms with Gasteiger partial charge in [-0.25, -0.2) is 0 Å². The van der Waals surface area contributed by atoms with Crippen LogP contribution in [-0.2, 0) is 4.79 Å². The van der Waals surface area contributed by atoms with Gasteiger partial charge in [0, 0.05) is 18.5 Å². The van der Waals surface area contributed by atoms with Gasteiger partial charge < -0.3 is 10.6 Å². The first kappa shape index (κ1) is 15.6. The standard InChI is InChI=1S/C14H23F3N2O/c15-14(16,17)11-4-1-3-10(9-11)13(20)19-8-2-7-18-12-5-6-12/h10-12,18H,1-9H2,(H,19,20). The lowest BCUT2D eigenvalue weighted by Gasteiger charge is -2.29. The number of carbonyl (C=O) groups is 1. The van der Waals surface area contributed by atoms with E-state index in [9.17, 15) is 18.0 Å². The van der Waals surface area contributed by atoms with Crippen molar-refractivity contribution in [3.05, 3.63) is 0 Å². The van der Waals surface area contributed by atoms with Gasteiger partial charge in [0.25, 0.3) is 0 Å². The van der Waals surface area contributed by atoms with Crippen LogP contribution in [0.1, 0.15) is 44.9 Å². The molecule has 0 saturated heterocycles. The lowest BCUT2D eigenvalue weighted by molar-refractivity contribution is -0.186. The second-order valence-corrected chi connectivity index (χ2v) is 5.98.